The van der Waals surface area contributed by atoms with Crippen molar-refractivity contribution >= 4 is 0 Å². The van der Waals surface area contributed by atoms with E-state index < -0.39 is 0 Å². The van der Waals surface area contributed by atoms with Gasteiger partial charge in [-0.2, -0.15) is 0 Å². The van der Waals surface area contributed by atoms with Gasteiger partial charge in [-0.25, -0.2) is 0 Å². The van der Waals surface area contributed by atoms with E-state index in [2.05, 4.69) is 39.8 Å². The largest absolute Gasteiger partial charge is 0.491 e. The third-order valence-corrected chi connectivity index (χ3v) is 6.70. The van der Waals surface area contributed by atoms with Crippen LogP contribution in [0, 0.1) is 11.8 Å². The van der Waals surface area contributed by atoms with Crippen molar-refractivity contribution in [1.29, 1.82) is 0 Å². The smallest absolute Gasteiger partial charge is 0.127 e. The van der Waals surface area contributed by atoms with E-state index in [1.165, 1.54) is 49.7 Å². The highest BCUT2D eigenvalue weighted by Gasteiger charge is 2.47. The number of unbranched alkanes of at least 4 members (excludes halogenated alkanes) is 2. The molecular formula is C25H40O4. The maximum atomic E-state index is 8.90. The Hall–Kier alpha value is -1.26. The predicted molar refractivity (Wildman–Crippen MR) is 117 cm³/mol. The van der Waals surface area contributed by atoms with Gasteiger partial charge >= 0.3 is 0 Å². The van der Waals surface area contributed by atoms with Crippen LogP contribution in [-0.4, -0.2) is 37.1 Å². The Morgan fingerprint density at radius 1 is 1.14 bits per heavy atom. The standard InChI is InChI=1S/C25H40O4/c1-5-6-7-8-19-16-22(28-14-13-27-12-11-26)24-20-15-18(2)9-10-21(20)25(3,4)29-23(24)17-19/h16-18,20-21,26H,5-15H2,1-4H3/t18-,20-,21-/m1/s1. The fraction of sp³-hybridized carbons (Fsp3) is 0.760. The summed E-state index contributed by atoms with van der Waals surface area (Å²) >= 11 is 0. The minimum absolute atomic E-state index is 0.0485. The minimum Gasteiger partial charge on any atom is -0.491 e. The Kier molecular flexibility index (Phi) is 7.86. The zero-order chi connectivity index (χ0) is 20.9. The van der Waals surface area contributed by atoms with Crippen LogP contribution in [0.3, 0.4) is 0 Å². The Bertz CT molecular complexity index is 654. The lowest BCUT2D eigenvalue weighted by atomic mass is 9.64. The third-order valence-electron chi connectivity index (χ3n) is 6.70. The van der Waals surface area contributed by atoms with Crippen LogP contribution in [0.2, 0.25) is 0 Å². The fourth-order valence-corrected chi connectivity index (χ4v) is 5.22. The van der Waals surface area contributed by atoms with E-state index in [4.69, 9.17) is 19.3 Å². The van der Waals surface area contributed by atoms with Crippen LogP contribution in [0.1, 0.15) is 83.3 Å². The van der Waals surface area contributed by atoms with Crippen molar-refractivity contribution in [2.75, 3.05) is 26.4 Å². The quantitative estimate of drug-likeness (QED) is 0.523. The molecule has 2 aliphatic rings. The first-order valence-corrected chi connectivity index (χ1v) is 11.6. The molecule has 164 valence electrons. The number of aliphatic hydroxyl groups is 1. The van der Waals surface area contributed by atoms with Crippen LogP contribution in [0.15, 0.2) is 12.1 Å². The average molecular weight is 405 g/mol. The number of rotatable bonds is 10. The molecule has 3 atom stereocenters. The summed E-state index contributed by atoms with van der Waals surface area (Å²) in [5, 5.41) is 8.90. The molecule has 0 unspecified atom stereocenters. The molecule has 1 aromatic carbocycles. The molecule has 0 spiro atoms. The van der Waals surface area contributed by atoms with Gasteiger partial charge in [-0.15, -0.1) is 0 Å². The summed E-state index contributed by atoms with van der Waals surface area (Å²) in [5.74, 6) is 3.79. The maximum Gasteiger partial charge on any atom is 0.127 e. The second kappa shape index (κ2) is 10.2. The van der Waals surface area contributed by atoms with E-state index in [0.29, 0.717) is 31.7 Å². The molecule has 0 amide bonds. The summed E-state index contributed by atoms with van der Waals surface area (Å²) in [6.07, 6.45) is 8.43. The number of fused-ring (bicyclic) bond motifs is 3. The molecule has 1 aliphatic heterocycles. The number of aliphatic hydroxyl groups excluding tert-OH is 1. The van der Waals surface area contributed by atoms with Gasteiger partial charge in [-0.05, 0) is 69.1 Å². The number of aryl methyl sites for hydroxylation is 1. The van der Waals surface area contributed by atoms with E-state index in [9.17, 15) is 0 Å². The van der Waals surface area contributed by atoms with Crippen molar-refractivity contribution in [2.24, 2.45) is 11.8 Å². The summed E-state index contributed by atoms with van der Waals surface area (Å²) in [6, 6.07) is 4.52. The van der Waals surface area contributed by atoms with Crippen molar-refractivity contribution in [3.8, 4) is 11.5 Å². The van der Waals surface area contributed by atoms with Crippen LogP contribution in [0.4, 0.5) is 0 Å². The number of benzene rings is 1. The van der Waals surface area contributed by atoms with Gasteiger partial charge in [0.15, 0.2) is 0 Å². The molecule has 1 fully saturated rings. The van der Waals surface area contributed by atoms with Crippen molar-refractivity contribution in [2.45, 2.75) is 84.2 Å². The molecule has 4 nitrogen and oxygen atoms in total. The van der Waals surface area contributed by atoms with Crippen LogP contribution in [-0.2, 0) is 11.2 Å². The normalized spacial score (nSPS) is 25.1. The van der Waals surface area contributed by atoms with Crippen molar-refractivity contribution < 1.29 is 19.3 Å². The first-order valence-electron chi connectivity index (χ1n) is 11.6. The van der Waals surface area contributed by atoms with E-state index in [0.717, 1.165) is 23.8 Å². The number of ether oxygens (including phenoxy) is 3. The zero-order valence-electron chi connectivity index (χ0n) is 18.8. The summed E-state index contributed by atoms with van der Waals surface area (Å²) in [4.78, 5) is 0. The molecule has 1 N–H and O–H groups in total. The molecule has 1 heterocycles. The molecule has 1 saturated carbocycles. The Balaban J connectivity index is 1.89. The van der Waals surface area contributed by atoms with Crippen LogP contribution in [0.5, 0.6) is 11.5 Å². The molecule has 3 rings (SSSR count). The second-order valence-corrected chi connectivity index (χ2v) is 9.48. The molecular weight excluding hydrogens is 364 g/mol. The van der Waals surface area contributed by atoms with E-state index in [1.54, 1.807) is 0 Å². The van der Waals surface area contributed by atoms with Crippen molar-refractivity contribution in [1.82, 2.24) is 0 Å². The van der Waals surface area contributed by atoms with Gasteiger partial charge in [0.2, 0.25) is 0 Å². The average Bonchev–Trinajstić information content (AvgIpc) is 2.67. The first kappa shape index (κ1) is 22.4. The second-order valence-electron chi connectivity index (χ2n) is 9.48. The molecule has 0 aromatic heterocycles. The molecule has 0 saturated heterocycles. The lowest BCUT2D eigenvalue weighted by Crippen LogP contribution is -2.46. The van der Waals surface area contributed by atoms with Gasteiger partial charge in [0.05, 0.1) is 19.8 Å². The van der Waals surface area contributed by atoms with Gasteiger partial charge in [-0.1, -0.05) is 33.1 Å². The summed E-state index contributed by atoms with van der Waals surface area (Å²) in [7, 11) is 0. The van der Waals surface area contributed by atoms with Crippen LogP contribution in [0.25, 0.3) is 0 Å². The van der Waals surface area contributed by atoms with Gasteiger partial charge in [0.25, 0.3) is 0 Å². The summed E-state index contributed by atoms with van der Waals surface area (Å²) in [5.41, 5.74) is 2.45. The molecule has 4 heteroatoms. The molecule has 0 radical (unpaired) electrons. The predicted octanol–water partition coefficient (Wildman–Crippen LogP) is 5.50. The lowest BCUT2D eigenvalue weighted by molar-refractivity contribution is -0.0151. The van der Waals surface area contributed by atoms with Crippen LogP contribution >= 0.6 is 0 Å². The Labute approximate surface area is 176 Å². The highest BCUT2D eigenvalue weighted by Crippen LogP contribution is 2.55. The number of hydrogen-bond donors (Lipinski definition) is 1. The van der Waals surface area contributed by atoms with E-state index in [-0.39, 0.29) is 12.2 Å². The van der Waals surface area contributed by atoms with Crippen molar-refractivity contribution in [3.63, 3.8) is 0 Å². The van der Waals surface area contributed by atoms with Crippen LogP contribution < -0.4 is 9.47 Å². The van der Waals surface area contributed by atoms with Gasteiger partial charge in [-0.3, -0.25) is 0 Å². The van der Waals surface area contributed by atoms with Gasteiger partial charge in [0.1, 0.15) is 23.7 Å². The topological polar surface area (TPSA) is 47.9 Å². The zero-order valence-corrected chi connectivity index (χ0v) is 18.8. The fourth-order valence-electron chi connectivity index (χ4n) is 5.22. The maximum absolute atomic E-state index is 8.90. The minimum atomic E-state index is -0.138. The SMILES string of the molecule is CCCCCc1cc(OCCOCCO)c2c(c1)OC(C)(C)[C@@H]1CC[C@@H](C)C[C@@H]21. The lowest BCUT2D eigenvalue weighted by Gasteiger charge is -2.49. The van der Waals surface area contributed by atoms with E-state index >= 15 is 0 Å². The molecule has 0 bridgehead atoms. The highest BCUT2D eigenvalue weighted by molar-refractivity contribution is 5.52. The Morgan fingerprint density at radius 2 is 1.97 bits per heavy atom. The summed E-state index contributed by atoms with van der Waals surface area (Å²) < 4.78 is 18.3. The molecule has 29 heavy (non-hydrogen) atoms. The first-order chi connectivity index (χ1) is 14.0. The monoisotopic (exact) mass is 404 g/mol. The third kappa shape index (κ3) is 5.46. The van der Waals surface area contributed by atoms with Gasteiger partial charge < -0.3 is 19.3 Å². The molecule has 1 aliphatic carbocycles. The highest BCUT2D eigenvalue weighted by atomic mass is 16.5. The van der Waals surface area contributed by atoms with Gasteiger partial charge in [0, 0.05) is 11.5 Å². The van der Waals surface area contributed by atoms with E-state index in [1.807, 2.05) is 0 Å². The number of hydrogen-bond acceptors (Lipinski definition) is 4. The summed E-state index contributed by atoms with van der Waals surface area (Å²) in [6.45, 7) is 10.5. The Morgan fingerprint density at radius 3 is 2.72 bits per heavy atom. The van der Waals surface area contributed by atoms with Crippen molar-refractivity contribution in [3.05, 3.63) is 23.3 Å². The molecule has 1 aromatic rings.